The van der Waals surface area contributed by atoms with E-state index in [1.165, 1.54) is 18.3 Å². The van der Waals surface area contributed by atoms with Gasteiger partial charge in [-0.2, -0.15) is 0 Å². The van der Waals surface area contributed by atoms with Crippen LogP contribution in [0.3, 0.4) is 0 Å². The van der Waals surface area contributed by atoms with Gasteiger partial charge in [0.1, 0.15) is 17.1 Å². The molecule has 7 heteroatoms. The van der Waals surface area contributed by atoms with Crippen molar-refractivity contribution in [2.75, 3.05) is 26.4 Å². The Balaban J connectivity index is 2.19. The Bertz CT molecular complexity index is 507. The molecular formula is C11H15NO5S. The van der Waals surface area contributed by atoms with Gasteiger partial charge in [-0.25, -0.2) is 13.4 Å². The van der Waals surface area contributed by atoms with Crippen LogP contribution in [-0.2, 0) is 14.6 Å². The van der Waals surface area contributed by atoms with E-state index in [9.17, 15) is 8.42 Å². The molecule has 0 aliphatic carbocycles. The normalized spacial score (nSPS) is 18.1. The molecule has 2 rings (SSSR count). The Morgan fingerprint density at radius 2 is 2.22 bits per heavy atom. The summed E-state index contributed by atoms with van der Waals surface area (Å²) in [6.07, 6.45) is 1.34. The van der Waals surface area contributed by atoms with Crippen LogP contribution in [0.15, 0.2) is 23.4 Å². The van der Waals surface area contributed by atoms with Crippen molar-refractivity contribution in [2.24, 2.45) is 0 Å². The smallest absolute Gasteiger partial charge is 0.205 e. The van der Waals surface area contributed by atoms with Gasteiger partial charge in [-0.1, -0.05) is 0 Å². The molecule has 0 bridgehead atoms. The van der Waals surface area contributed by atoms with Crippen molar-refractivity contribution in [3.63, 3.8) is 0 Å². The van der Waals surface area contributed by atoms with E-state index in [0.717, 1.165) is 0 Å². The number of nitrogens with zero attached hydrogens (tertiary/aromatic N) is 1. The summed E-state index contributed by atoms with van der Waals surface area (Å²) >= 11 is 0. The third-order valence-corrected chi connectivity index (χ3v) is 5.13. The first-order valence-electron chi connectivity index (χ1n) is 5.52. The van der Waals surface area contributed by atoms with Crippen molar-refractivity contribution in [3.05, 3.63) is 18.3 Å². The molecule has 0 radical (unpaired) electrons. The van der Waals surface area contributed by atoms with E-state index in [0.29, 0.717) is 5.75 Å². The minimum Gasteiger partial charge on any atom is -0.490 e. The molecule has 0 saturated carbocycles. The lowest BCUT2D eigenvalue weighted by atomic mass is 10.1. The number of sulfone groups is 1. The lowest BCUT2D eigenvalue weighted by molar-refractivity contribution is -0.00501. The quantitative estimate of drug-likeness (QED) is 0.813. The van der Waals surface area contributed by atoms with E-state index in [4.69, 9.17) is 14.6 Å². The Morgan fingerprint density at radius 1 is 1.50 bits per heavy atom. The first-order chi connectivity index (χ1) is 8.49. The molecule has 0 atom stereocenters. The lowest BCUT2D eigenvalue weighted by Gasteiger charge is -2.36. The fraction of sp³-hybridized carbons (Fsp3) is 0.545. The van der Waals surface area contributed by atoms with Gasteiger partial charge in [0.25, 0.3) is 0 Å². The molecule has 1 aromatic heterocycles. The maximum absolute atomic E-state index is 12.2. The summed E-state index contributed by atoms with van der Waals surface area (Å²) in [6.45, 7) is 2.08. The average molecular weight is 273 g/mol. The maximum Gasteiger partial charge on any atom is 0.205 e. The summed E-state index contributed by atoms with van der Waals surface area (Å²) < 4.78 is 33.7. The molecule has 1 N–H and O–H groups in total. The molecule has 18 heavy (non-hydrogen) atoms. The molecular weight excluding hydrogens is 258 g/mol. The van der Waals surface area contributed by atoms with E-state index >= 15 is 0 Å². The topological polar surface area (TPSA) is 85.7 Å². The van der Waals surface area contributed by atoms with Crippen LogP contribution in [0.4, 0.5) is 0 Å². The van der Waals surface area contributed by atoms with E-state index in [-0.39, 0.29) is 31.5 Å². The van der Waals surface area contributed by atoms with Crippen LogP contribution in [0.1, 0.15) is 6.92 Å². The molecule has 0 aromatic carbocycles. The van der Waals surface area contributed by atoms with Gasteiger partial charge in [0.2, 0.25) is 9.84 Å². The number of aliphatic hydroxyl groups is 1. The van der Waals surface area contributed by atoms with E-state index in [2.05, 4.69) is 4.98 Å². The summed E-state index contributed by atoms with van der Waals surface area (Å²) in [5.74, 6) is 0.429. The molecule has 1 aliphatic rings. The predicted molar refractivity (Wildman–Crippen MR) is 63.2 cm³/mol. The van der Waals surface area contributed by atoms with Gasteiger partial charge >= 0.3 is 0 Å². The van der Waals surface area contributed by atoms with Gasteiger partial charge < -0.3 is 14.6 Å². The third kappa shape index (κ3) is 2.21. The average Bonchev–Trinajstić information content (AvgIpc) is 2.33. The highest BCUT2D eigenvalue weighted by atomic mass is 32.2. The minimum atomic E-state index is -3.48. The Labute approximate surface area is 105 Å². The summed E-state index contributed by atoms with van der Waals surface area (Å²) in [6, 6.07) is 2.93. The molecule has 100 valence electrons. The van der Waals surface area contributed by atoms with Gasteiger partial charge in [0.15, 0.2) is 5.03 Å². The fourth-order valence-electron chi connectivity index (χ4n) is 1.57. The zero-order valence-corrected chi connectivity index (χ0v) is 10.8. The Morgan fingerprint density at radius 3 is 2.67 bits per heavy atom. The standard InChI is InChI=1S/C11H15NO5S/c1-11(7-16-8-11)18(14,15)10-3-2-9(6-12-10)17-5-4-13/h2-3,6,13H,4-5,7-8H2,1H3. The van der Waals surface area contributed by atoms with Crippen LogP contribution in [0.2, 0.25) is 0 Å². The van der Waals surface area contributed by atoms with Crippen LogP contribution in [0.25, 0.3) is 0 Å². The molecule has 6 nitrogen and oxygen atoms in total. The first kappa shape index (κ1) is 13.3. The molecule has 1 aromatic rings. The summed E-state index contributed by atoms with van der Waals surface area (Å²) in [5.41, 5.74) is 0. The Hall–Kier alpha value is -1.18. The highest BCUT2D eigenvalue weighted by Crippen LogP contribution is 2.31. The number of hydrogen-bond donors (Lipinski definition) is 1. The van der Waals surface area contributed by atoms with E-state index < -0.39 is 14.6 Å². The third-order valence-electron chi connectivity index (χ3n) is 2.81. The van der Waals surface area contributed by atoms with E-state index in [1.54, 1.807) is 6.92 Å². The van der Waals surface area contributed by atoms with Crippen molar-refractivity contribution >= 4 is 9.84 Å². The lowest BCUT2D eigenvalue weighted by Crippen LogP contribution is -2.53. The SMILES string of the molecule is CC1(S(=O)(=O)c2ccc(OCCO)cn2)COC1. The summed E-state index contributed by atoms with van der Waals surface area (Å²) in [7, 11) is -3.48. The first-order valence-corrected chi connectivity index (χ1v) is 7.00. The van der Waals surface area contributed by atoms with Crippen molar-refractivity contribution in [1.82, 2.24) is 4.98 Å². The van der Waals surface area contributed by atoms with Crippen LogP contribution in [0.5, 0.6) is 5.75 Å². The zero-order chi connectivity index (χ0) is 13.2. The molecule has 1 fully saturated rings. The minimum absolute atomic E-state index is 0.0182. The number of rotatable bonds is 5. The molecule has 0 spiro atoms. The monoisotopic (exact) mass is 273 g/mol. The number of ether oxygens (including phenoxy) is 2. The van der Waals surface area contributed by atoms with Crippen molar-refractivity contribution in [3.8, 4) is 5.75 Å². The number of hydrogen-bond acceptors (Lipinski definition) is 6. The largest absolute Gasteiger partial charge is 0.490 e. The van der Waals surface area contributed by atoms with Crippen molar-refractivity contribution in [1.29, 1.82) is 0 Å². The Kier molecular flexibility index (Phi) is 3.56. The summed E-state index contributed by atoms with van der Waals surface area (Å²) in [5, 5.41) is 8.62. The molecule has 1 aliphatic heterocycles. The maximum atomic E-state index is 12.2. The van der Waals surface area contributed by atoms with Crippen LogP contribution >= 0.6 is 0 Å². The number of aliphatic hydroxyl groups excluding tert-OH is 1. The highest BCUT2D eigenvalue weighted by molar-refractivity contribution is 7.92. The van der Waals surface area contributed by atoms with E-state index in [1.807, 2.05) is 0 Å². The molecule has 1 saturated heterocycles. The zero-order valence-electron chi connectivity index (χ0n) is 10.00. The number of aromatic nitrogens is 1. The van der Waals surface area contributed by atoms with Gasteiger partial charge in [-0.05, 0) is 19.1 Å². The highest BCUT2D eigenvalue weighted by Gasteiger charge is 2.47. The molecule has 0 amide bonds. The van der Waals surface area contributed by atoms with Crippen molar-refractivity contribution < 1.29 is 23.0 Å². The fourth-order valence-corrected chi connectivity index (χ4v) is 2.99. The van der Waals surface area contributed by atoms with Gasteiger partial charge in [-0.15, -0.1) is 0 Å². The summed E-state index contributed by atoms with van der Waals surface area (Å²) in [4.78, 5) is 3.90. The second kappa shape index (κ2) is 4.83. The van der Waals surface area contributed by atoms with Crippen LogP contribution in [-0.4, -0.2) is 49.7 Å². The van der Waals surface area contributed by atoms with Gasteiger partial charge in [0, 0.05) is 0 Å². The van der Waals surface area contributed by atoms with Gasteiger partial charge in [-0.3, -0.25) is 0 Å². The second-order valence-electron chi connectivity index (χ2n) is 4.35. The van der Waals surface area contributed by atoms with Crippen molar-refractivity contribution in [2.45, 2.75) is 16.7 Å². The van der Waals surface area contributed by atoms with Gasteiger partial charge in [0.05, 0.1) is 26.0 Å². The molecule has 2 heterocycles. The van der Waals surface area contributed by atoms with Crippen LogP contribution in [0, 0.1) is 0 Å². The number of pyridine rings is 1. The van der Waals surface area contributed by atoms with Crippen LogP contribution < -0.4 is 4.74 Å². The predicted octanol–water partition coefficient (Wildman–Crippen LogP) is 0.0153. The second-order valence-corrected chi connectivity index (χ2v) is 6.76. The molecule has 0 unspecified atom stereocenters.